The Morgan fingerprint density at radius 2 is 1.88 bits per heavy atom. The SMILES string of the molecule is CCC(C)(O)CNC(=O)CC(N)CC(C)(C)C. The van der Waals surface area contributed by atoms with Crippen LogP contribution >= 0.6 is 0 Å². The molecule has 0 bridgehead atoms. The van der Waals surface area contributed by atoms with Gasteiger partial charge >= 0.3 is 0 Å². The lowest BCUT2D eigenvalue weighted by Crippen LogP contribution is -2.42. The smallest absolute Gasteiger partial charge is 0.221 e. The summed E-state index contributed by atoms with van der Waals surface area (Å²) in [4.78, 5) is 11.6. The fraction of sp³-hybridized carbons (Fsp3) is 0.923. The standard InChI is InChI=1S/C13H28N2O2/c1-6-13(5,17)9-15-11(16)7-10(14)8-12(2,3)4/h10,17H,6-9,14H2,1-5H3,(H,15,16). The molecular formula is C13H28N2O2. The van der Waals surface area contributed by atoms with E-state index in [1.165, 1.54) is 0 Å². The molecule has 0 radical (unpaired) electrons. The lowest BCUT2D eigenvalue weighted by atomic mass is 9.87. The molecule has 4 heteroatoms. The summed E-state index contributed by atoms with van der Waals surface area (Å²) in [5.41, 5.74) is 5.21. The number of aliphatic hydroxyl groups is 1. The van der Waals surface area contributed by atoms with E-state index in [1.807, 2.05) is 6.92 Å². The van der Waals surface area contributed by atoms with Gasteiger partial charge in [-0.15, -0.1) is 0 Å². The Balaban J connectivity index is 3.95. The predicted octanol–water partition coefficient (Wildman–Crippen LogP) is 1.42. The van der Waals surface area contributed by atoms with Crippen molar-refractivity contribution in [1.82, 2.24) is 5.32 Å². The number of carbonyl (C=O) groups is 1. The van der Waals surface area contributed by atoms with Crippen LogP contribution in [0.25, 0.3) is 0 Å². The molecule has 0 aliphatic heterocycles. The molecule has 4 N–H and O–H groups in total. The Labute approximate surface area is 105 Å². The van der Waals surface area contributed by atoms with Crippen LogP contribution < -0.4 is 11.1 Å². The zero-order valence-electron chi connectivity index (χ0n) is 11.8. The fourth-order valence-electron chi connectivity index (χ4n) is 1.58. The first-order valence-corrected chi connectivity index (χ1v) is 6.30. The average Bonchev–Trinajstić information content (AvgIpc) is 2.12. The van der Waals surface area contributed by atoms with Crippen molar-refractivity contribution in [3.8, 4) is 0 Å². The van der Waals surface area contributed by atoms with Gasteiger partial charge in [0.05, 0.1) is 5.60 Å². The molecule has 2 atom stereocenters. The zero-order valence-corrected chi connectivity index (χ0v) is 11.8. The van der Waals surface area contributed by atoms with Crippen LogP contribution in [-0.4, -0.2) is 29.2 Å². The van der Waals surface area contributed by atoms with Crippen LogP contribution in [0.1, 0.15) is 53.9 Å². The third-order valence-electron chi connectivity index (χ3n) is 2.75. The maximum Gasteiger partial charge on any atom is 0.221 e. The molecule has 0 saturated carbocycles. The number of hydrogen-bond acceptors (Lipinski definition) is 3. The van der Waals surface area contributed by atoms with E-state index in [0.717, 1.165) is 6.42 Å². The highest BCUT2D eigenvalue weighted by Crippen LogP contribution is 2.20. The monoisotopic (exact) mass is 244 g/mol. The van der Waals surface area contributed by atoms with E-state index in [0.29, 0.717) is 12.8 Å². The van der Waals surface area contributed by atoms with Crippen LogP contribution in [0.4, 0.5) is 0 Å². The van der Waals surface area contributed by atoms with Crippen LogP contribution in [0.5, 0.6) is 0 Å². The van der Waals surface area contributed by atoms with Gasteiger partial charge in [0.1, 0.15) is 0 Å². The molecule has 0 saturated heterocycles. The van der Waals surface area contributed by atoms with Crippen molar-refractivity contribution >= 4 is 5.91 Å². The summed E-state index contributed by atoms with van der Waals surface area (Å²) >= 11 is 0. The lowest BCUT2D eigenvalue weighted by Gasteiger charge is -2.24. The predicted molar refractivity (Wildman–Crippen MR) is 70.6 cm³/mol. The van der Waals surface area contributed by atoms with E-state index in [4.69, 9.17) is 5.73 Å². The van der Waals surface area contributed by atoms with E-state index in [9.17, 15) is 9.90 Å². The molecule has 0 rings (SSSR count). The number of carbonyl (C=O) groups excluding carboxylic acids is 1. The average molecular weight is 244 g/mol. The maximum absolute atomic E-state index is 11.6. The molecule has 0 aromatic rings. The summed E-state index contributed by atoms with van der Waals surface area (Å²) in [7, 11) is 0. The first-order valence-electron chi connectivity index (χ1n) is 6.30. The van der Waals surface area contributed by atoms with Crippen LogP contribution in [0.15, 0.2) is 0 Å². The Hall–Kier alpha value is -0.610. The van der Waals surface area contributed by atoms with Crippen molar-refractivity contribution in [3.05, 3.63) is 0 Å². The second kappa shape index (κ2) is 6.36. The van der Waals surface area contributed by atoms with Gasteiger partial charge in [-0.3, -0.25) is 4.79 Å². The third-order valence-corrected chi connectivity index (χ3v) is 2.75. The van der Waals surface area contributed by atoms with Crippen LogP contribution in [0.3, 0.4) is 0 Å². The highest BCUT2D eigenvalue weighted by Gasteiger charge is 2.21. The minimum atomic E-state index is -0.830. The topological polar surface area (TPSA) is 75.3 Å². The van der Waals surface area contributed by atoms with E-state index in [2.05, 4.69) is 26.1 Å². The summed E-state index contributed by atoms with van der Waals surface area (Å²) in [6, 6.07) is -0.124. The number of amides is 1. The highest BCUT2D eigenvalue weighted by molar-refractivity contribution is 5.76. The Morgan fingerprint density at radius 3 is 2.29 bits per heavy atom. The van der Waals surface area contributed by atoms with Gasteiger partial charge in [0, 0.05) is 19.0 Å². The first-order chi connectivity index (χ1) is 7.56. The van der Waals surface area contributed by atoms with E-state index >= 15 is 0 Å². The molecule has 102 valence electrons. The highest BCUT2D eigenvalue weighted by atomic mass is 16.3. The van der Waals surface area contributed by atoms with Crippen LogP contribution in [0, 0.1) is 5.41 Å². The number of nitrogens with two attached hydrogens (primary N) is 1. The van der Waals surface area contributed by atoms with Gasteiger partial charge in [-0.1, -0.05) is 27.7 Å². The van der Waals surface area contributed by atoms with Crippen molar-refractivity contribution in [3.63, 3.8) is 0 Å². The molecule has 0 aliphatic rings. The molecule has 2 unspecified atom stereocenters. The van der Waals surface area contributed by atoms with Gasteiger partial charge in [-0.2, -0.15) is 0 Å². The van der Waals surface area contributed by atoms with Crippen molar-refractivity contribution in [2.24, 2.45) is 11.1 Å². The summed E-state index contributed by atoms with van der Waals surface area (Å²) < 4.78 is 0. The fourth-order valence-corrected chi connectivity index (χ4v) is 1.58. The summed E-state index contributed by atoms with van der Waals surface area (Å²) in [5, 5.41) is 12.5. The van der Waals surface area contributed by atoms with Gasteiger partial charge in [-0.25, -0.2) is 0 Å². The minimum Gasteiger partial charge on any atom is -0.388 e. The molecule has 0 fully saturated rings. The van der Waals surface area contributed by atoms with Crippen molar-refractivity contribution in [2.75, 3.05) is 6.54 Å². The summed E-state index contributed by atoms with van der Waals surface area (Å²) in [6.07, 6.45) is 1.74. The van der Waals surface area contributed by atoms with Gasteiger partial charge in [0.2, 0.25) is 5.91 Å². The number of rotatable bonds is 6. The van der Waals surface area contributed by atoms with E-state index in [1.54, 1.807) is 6.92 Å². The summed E-state index contributed by atoms with van der Waals surface area (Å²) in [5.74, 6) is -0.0875. The maximum atomic E-state index is 11.6. The molecule has 0 aromatic carbocycles. The van der Waals surface area contributed by atoms with Gasteiger partial charge < -0.3 is 16.2 Å². The second-order valence-corrected chi connectivity index (χ2v) is 6.36. The Bertz CT molecular complexity index is 244. The summed E-state index contributed by atoms with van der Waals surface area (Å²) in [6.45, 7) is 10.2. The van der Waals surface area contributed by atoms with Gasteiger partial charge in [0.25, 0.3) is 0 Å². The van der Waals surface area contributed by atoms with Crippen molar-refractivity contribution in [1.29, 1.82) is 0 Å². The molecule has 0 spiro atoms. The zero-order chi connectivity index (χ0) is 13.7. The molecule has 4 nitrogen and oxygen atoms in total. The molecule has 0 aliphatic carbocycles. The normalized spacial score (nSPS) is 17.4. The van der Waals surface area contributed by atoms with Crippen molar-refractivity contribution < 1.29 is 9.90 Å². The molecule has 0 aromatic heterocycles. The van der Waals surface area contributed by atoms with E-state index in [-0.39, 0.29) is 23.9 Å². The molecule has 17 heavy (non-hydrogen) atoms. The molecule has 0 heterocycles. The first kappa shape index (κ1) is 16.4. The lowest BCUT2D eigenvalue weighted by molar-refractivity contribution is -0.122. The number of hydrogen-bond donors (Lipinski definition) is 3. The Kier molecular flexibility index (Phi) is 6.13. The molecule has 1 amide bonds. The van der Waals surface area contributed by atoms with Crippen LogP contribution in [-0.2, 0) is 4.79 Å². The number of nitrogens with one attached hydrogen (secondary N) is 1. The second-order valence-electron chi connectivity index (χ2n) is 6.36. The van der Waals surface area contributed by atoms with Crippen LogP contribution in [0.2, 0.25) is 0 Å². The van der Waals surface area contributed by atoms with Gasteiger partial charge in [-0.05, 0) is 25.2 Å². The third kappa shape index (κ3) is 9.12. The molecular weight excluding hydrogens is 216 g/mol. The minimum absolute atomic E-state index is 0.0875. The van der Waals surface area contributed by atoms with Gasteiger partial charge in [0.15, 0.2) is 0 Å². The Morgan fingerprint density at radius 1 is 1.35 bits per heavy atom. The largest absolute Gasteiger partial charge is 0.388 e. The van der Waals surface area contributed by atoms with Crippen molar-refractivity contribution in [2.45, 2.75) is 65.5 Å². The van der Waals surface area contributed by atoms with E-state index < -0.39 is 5.60 Å². The quantitative estimate of drug-likeness (QED) is 0.661.